The maximum atomic E-state index is 11.4. The van der Waals surface area contributed by atoms with Gasteiger partial charge in [0.15, 0.2) is 0 Å². The van der Waals surface area contributed by atoms with Gasteiger partial charge < -0.3 is 14.8 Å². The number of nitrogens with zero attached hydrogens (tertiary/aromatic N) is 3. The number of oxime groups is 2. The predicted molar refractivity (Wildman–Crippen MR) is 113 cm³/mol. The summed E-state index contributed by atoms with van der Waals surface area (Å²) in [5, 5.41) is 28.6. The maximum absolute atomic E-state index is 11.4. The molecule has 0 amide bonds. The number of nitro benzene ring substituents is 1. The molecular weight excluding hydrogens is 386 g/mol. The molecular formula is C22H19N3O5. The van der Waals surface area contributed by atoms with Crippen molar-refractivity contribution in [2.45, 2.75) is 13.5 Å². The molecule has 0 fully saturated rings. The average molecular weight is 405 g/mol. The molecule has 1 N–H and O–H groups in total. The lowest BCUT2D eigenvalue weighted by Gasteiger charge is -2.02. The molecule has 0 unspecified atom stereocenters. The lowest BCUT2D eigenvalue weighted by atomic mass is 10.1. The van der Waals surface area contributed by atoms with Gasteiger partial charge in [-0.15, -0.1) is 0 Å². The third-order valence-corrected chi connectivity index (χ3v) is 4.10. The molecule has 0 aliphatic heterocycles. The lowest BCUT2D eigenvalue weighted by Crippen LogP contribution is -1.96. The molecule has 0 aliphatic rings. The van der Waals surface area contributed by atoms with Gasteiger partial charge in [-0.3, -0.25) is 10.1 Å². The van der Waals surface area contributed by atoms with Crippen LogP contribution >= 0.6 is 0 Å². The first-order valence-electron chi connectivity index (χ1n) is 9.00. The van der Waals surface area contributed by atoms with Gasteiger partial charge in [0.25, 0.3) is 0 Å². The molecule has 8 nitrogen and oxygen atoms in total. The van der Waals surface area contributed by atoms with Crippen LogP contribution < -0.4 is 4.84 Å². The highest BCUT2D eigenvalue weighted by Gasteiger charge is 2.16. The number of aryl methyl sites for hydroxylation is 1. The maximum Gasteiger partial charge on any atom is 0.315 e. The monoisotopic (exact) mass is 405 g/mol. The molecule has 3 rings (SSSR count). The van der Waals surface area contributed by atoms with E-state index in [0.717, 1.165) is 5.56 Å². The number of hydrogen-bond donors (Lipinski definition) is 1. The van der Waals surface area contributed by atoms with E-state index in [9.17, 15) is 15.2 Å². The van der Waals surface area contributed by atoms with Gasteiger partial charge in [-0.1, -0.05) is 40.6 Å². The van der Waals surface area contributed by atoms with Crippen molar-refractivity contribution in [2.24, 2.45) is 10.3 Å². The van der Waals surface area contributed by atoms with E-state index in [-0.39, 0.29) is 17.2 Å². The Hall–Kier alpha value is -4.20. The zero-order chi connectivity index (χ0) is 21.3. The van der Waals surface area contributed by atoms with E-state index in [1.54, 1.807) is 25.1 Å². The van der Waals surface area contributed by atoms with Crippen LogP contribution in [-0.4, -0.2) is 22.5 Å². The molecule has 0 atom stereocenters. The Balaban J connectivity index is 1.65. The molecule has 0 saturated carbocycles. The minimum Gasteiger partial charge on any atom is -0.508 e. The quantitative estimate of drug-likeness (QED) is 0.336. The highest BCUT2D eigenvalue weighted by molar-refractivity contribution is 5.81. The highest BCUT2D eigenvalue weighted by Crippen LogP contribution is 2.27. The van der Waals surface area contributed by atoms with Crippen LogP contribution in [0.15, 0.2) is 77.0 Å². The number of hydrogen-bond acceptors (Lipinski definition) is 7. The minimum absolute atomic E-state index is 0.00546. The Morgan fingerprint density at radius 3 is 2.43 bits per heavy atom. The molecule has 0 aromatic heterocycles. The Morgan fingerprint density at radius 2 is 1.70 bits per heavy atom. The van der Waals surface area contributed by atoms with Crippen molar-refractivity contribution in [2.75, 3.05) is 0 Å². The Bertz CT molecular complexity index is 1080. The molecule has 0 bridgehead atoms. The Labute approximate surface area is 172 Å². The summed E-state index contributed by atoms with van der Waals surface area (Å²) in [6.45, 7) is 2.05. The summed E-state index contributed by atoms with van der Waals surface area (Å²) in [4.78, 5) is 21.2. The van der Waals surface area contributed by atoms with Crippen molar-refractivity contribution in [3.8, 4) is 11.5 Å². The van der Waals surface area contributed by atoms with E-state index >= 15 is 0 Å². The number of aromatic hydroxyl groups is 1. The SMILES string of the molecule is Cc1cc(/C=N/Oc2ccc(/C=N/OCc3ccccc3)cc2[N+](=O)[O-])ccc1O. The molecule has 0 saturated heterocycles. The van der Waals surface area contributed by atoms with Gasteiger partial charge in [0.1, 0.15) is 12.4 Å². The largest absolute Gasteiger partial charge is 0.508 e. The van der Waals surface area contributed by atoms with E-state index in [0.29, 0.717) is 23.3 Å². The van der Waals surface area contributed by atoms with Gasteiger partial charge in [0, 0.05) is 11.6 Å². The van der Waals surface area contributed by atoms with Crippen LogP contribution in [0.4, 0.5) is 5.69 Å². The topological polar surface area (TPSA) is 107 Å². The fraction of sp³-hybridized carbons (Fsp3) is 0.0909. The van der Waals surface area contributed by atoms with E-state index in [1.807, 2.05) is 30.3 Å². The molecule has 0 aliphatic carbocycles. The second-order valence-electron chi connectivity index (χ2n) is 6.35. The van der Waals surface area contributed by atoms with Crippen LogP contribution in [0.25, 0.3) is 0 Å². The second-order valence-corrected chi connectivity index (χ2v) is 6.35. The lowest BCUT2D eigenvalue weighted by molar-refractivity contribution is -0.385. The molecule has 30 heavy (non-hydrogen) atoms. The third kappa shape index (κ3) is 5.65. The summed E-state index contributed by atoms with van der Waals surface area (Å²) in [6, 6.07) is 18.8. The Kier molecular flexibility index (Phi) is 6.73. The molecule has 3 aromatic rings. The minimum atomic E-state index is -0.558. The first-order valence-corrected chi connectivity index (χ1v) is 9.00. The number of phenols is 1. The molecule has 0 heterocycles. The predicted octanol–water partition coefficient (Wildman–Crippen LogP) is 4.57. The van der Waals surface area contributed by atoms with Crippen molar-refractivity contribution >= 4 is 18.1 Å². The fourth-order valence-electron chi connectivity index (χ4n) is 2.52. The van der Waals surface area contributed by atoms with Gasteiger partial charge in [-0.05, 0) is 53.9 Å². The van der Waals surface area contributed by atoms with E-state index in [4.69, 9.17) is 9.68 Å². The molecule has 8 heteroatoms. The van der Waals surface area contributed by atoms with E-state index < -0.39 is 4.92 Å². The number of phenolic OH excluding ortho intramolecular Hbond substituents is 1. The number of benzene rings is 3. The van der Waals surface area contributed by atoms with Crippen molar-refractivity contribution < 1.29 is 19.7 Å². The third-order valence-electron chi connectivity index (χ3n) is 4.10. The summed E-state index contributed by atoms with van der Waals surface area (Å²) < 4.78 is 0. The zero-order valence-electron chi connectivity index (χ0n) is 16.1. The van der Waals surface area contributed by atoms with Gasteiger partial charge in [0.2, 0.25) is 5.75 Å². The summed E-state index contributed by atoms with van der Waals surface area (Å²) in [7, 11) is 0. The first-order chi connectivity index (χ1) is 14.5. The number of rotatable bonds is 8. The van der Waals surface area contributed by atoms with Gasteiger partial charge >= 0.3 is 5.69 Å². The molecule has 152 valence electrons. The van der Waals surface area contributed by atoms with Gasteiger partial charge in [0.05, 0.1) is 17.4 Å². The molecule has 0 spiro atoms. The van der Waals surface area contributed by atoms with Crippen LogP contribution in [0.3, 0.4) is 0 Å². The second kappa shape index (κ2) is 9.83. The normalized spacial score (nSPS) is 11.1. The van der Waals surface area contributed by atoms with Crippen LogP contribution in [0.1, 0.15) is 22.3 Å². The Morgan fingerprint density at radius 1 is 1.00 bits per heavy atom. The van der Waals surface area contributed by atoms with Crippen molar-refractivity contribution in [3.63, 3.8) is 0 Å². The van der Waals surface area contributed by atoms with Crippen LogP contribution in [0, 0.1) is 17.0 Å². The van der Waals surface area contributed by atoms with E-state index in [1.165, 1.54) is 30.6 Å². The van der Waals surface area contributed by atoms with Crippen LogP contribution in [0.5, 0.6) is 11.5 Å². The average Bonchev–Trinajstić information content (AvgIpc) is 2.75. The van der Waals surface area contributed by atoms with Crippen LogP contribution in [0.2, 0.25) is 0 Å². The smallest absolute Gasteiger partial charge is 0.315 e. The molecule has 3 aromatic carbocycles. The van der Waals surface area contributed by atoms with Crippen molar-refractivity contribution in [3.05, 3.63) is 99.1 Å². The first kappa shape index (κ1) is 20.5. The van der Waals surface area contributed by atoms with Gasteiger partial charge in [-0.25, -0.2) is 0 Å². The summed E-state index contributed by atoms with van der Waals surface area (Å²) >= 11 is 0. The molecule has 0 radical (unpaired) electrons. The zero-order valence-corrected chi connectivity index (χ0v) is 16.1. The standard InChI is InChI=1S/C22H19N3O5/c1-16-11-18(7-9-21(16)26)14-24-30-22-10-8-19(12-20(22)25(27)28)13-23-29-15-17-5-3-2-4-6-17/h2-14,26H,15H2,1H3/b23-13+,24-14+. The van der Waals surface area contributed by atoms with Crippen molar-refractivity contribution in [1.29, 1.82) is 0 Å². The summed E-state index contributed by atoms with van der Waals surface area (Å²) in [5.74, 6) is 0.169. The van der Waals surface area contributed by atoms with Crippen molar-refractivity contribution in [1.82, 2.24) is 0 Å². The van der Waals surface area contributed by atoms with E-state index in [2.05, 4.69) is 10.3 Å². The fourth-order valence-corrected chi connectivity index (χ4v) is 2.52. The van der Waals surface area contributed by atoms with Gasteiger partial charge in [-0.2, -0.15) is 0 Å². The highest BCUT2D eigenvalue weighted by atomic mass is 16.7. The summed E-state index contributed by atoms with van der Waals surface area (Å²) in [5.41, 5.74) is 2.57. The van der Waals surface area contributed by atoms with Crippen LogP contribution in [-0.2, 0) is 11.4 Å². The summed E-state index contributed by atoms with van der Waals surface area (Å²) in [6.07, 6.45) is 2.80. The number of nitro groups is 1.